The highest BCUT2D eigenvalue weighted by Crippen LogP contribution is 2.23. The minimum absolute atomic E-state index is 0.0602. The third kappa shape index (κ3) is 4.05. The van der Waals surface area contributed by atoms with E-state index in [1.807, 2.05) is 17.0 Å². The van der Waals surface area contributed by atoms with Gasteiger partial charge < -0.3 is 13.9 Å². The van der Waals surface area contributed by atoms with Gasteiger partial charge in [0, 0.05) is 38.0 Å². The van der Waals surface area contributed by atoms with Gasteiger partial charge in [0.15, 0.2) is 11.5 Å². The highest BCUT2D eigenvalue weighted by Gasteiger charge is 2.26. The number of rotatable bonds is 5. The van der Waals surface area contributed by atoms with Gasteiger partial charge in [-0.1, -0.05) is 10.3 Å². The SMILES string of the molecule is Cc1cc(C(=O)N2CCCC(CCc3noc(-c4cccnc4)n3)C2)no1. The smallest absolute Gasteiger partial charge is 0.276 e. The van der Waals surface area contributed by atoms with Crippen molar-refractivity contribution >= 4 is 5.91 Å². The van der Waals surface area contributed by atoms with Crippen molar-refractivity contribution in [2.75, 3.05) is 13.1 Å². The van der Waals surface area contributed by atoms with Gasteiger partial charge >= 0.3 is 0 Å². The van der Waals surface area contributed by atoms with E-state index in [4.69, 9.17) is 9.05 Å². The van der Waals surface area contributed by atoms with Crippen LogP contribution in [0.25, 0.3) is 11.5 Å². The van der Waals surface area contributed by atoms with Gasteiger partial charge in [-0.3, -0.25) is 9.78 Å². The number of likely N-dealkylation sites (tertiary alicyclic amines) is 1. The van der Waals surface area contributed by atoms with E-state index in [0.717, 1.165) is 44.3 Å². The van der Waals surface area contributed by atoms with E-state index in [1.54, 1.807) is 25.4 Å². The summed E-state index contributed by atoms with van der Waals surface area (Å²) in [6.07, 6.45) is 7.12. The number of aryl methyl sites for hydroxylation is 2. The standard InChI is InChI=1S/C19H21N5O3/c1-13-10-16(22-26-13)19(25)24-9-3-4-14(12-24)6-7-17-21-18(27-23-17)15-5-2-8-20-11-15/h2,5,8,10-11,14H,3-4,6-7,9,12H2,1H3. The zero-order chi connectivity index (χ0) is 18.6. The number of hydrogen-bond donors (Lipinski definition) is 0. The van der Waals surface area contributed by atoms with Crippen molar-refractivity contribution in [3.05, 3.63) is 47.9 Å². The summed E-state index contributed by atoms with van der Waals surface area (Å²) < 4.78 is 10.3. The van der Waals surface area contributed by atoms with Crippen LogP contribution >= 0.6 is 0 Å². The lowest BCUT2D eigenvalue weighted by Gasteiger charge is -2.32. The second-order valence-electron chi connectivity index (χ2n) is 6.88. The Hall–Kier alpha value is -3.03. The van der Waals surface area contributed by atoms with Gasteiger partial charge in [0.2, 0.25) is 0 Å². The Labute approximate surface area is 156 Å². The lowest BCUT2D eigenvalue weighted by molar-refractivity contribution is 0.0657. The fraction of sp³-hybridized carbons (Fsp3) is 0.421. The largest absolute Gasteiger partial charge is 0.361 e. The summed E-state index contributed by atoms with van der Waals surface area (Å²) in [7, 11) is 0. The van der Waals surface area contributed by atoms with E-state index < -0.39 is 0 Å². The average Bonchev–Trinajstić information content (AvgIpc) is 3.36. The fourth-order valence-electron chi connectivity index (χ4n) is 3.41. The molecule has 0 N–H and O–H groups in total. The van der Waals surface area contributed by atoms with Crippen LogP contribution < -0.4 is 0 Å². The lowest BCUT2D eigenvalue weighted by atomic mass is 9.93. The van der Waals surface area contributed by atoms with Gasteiger partial charge in [-0.25, -0.2) is 0 Å². The number of carbonyl (C=O) groups excluding carboxylic acids is 1. The number of amides is 1. The van der Waals surface area contributed by atoms with Crippen molar-refractivity contribution in [1.29, 1.82) is 0 Å². The fourth-order valence-corrected chi connectivity index (χ4v) is 3.41. The molecule has 1 fully saturated rings. The molecule has 140 valence electrons. The Kier molecular flexibility index (Phi) is 4.95. The van der Waals surface area contributed by atoms with Crippen LogP contribution in [0.2, 0.25) is 0 Å². The van der Waals surface area contributed by atoms with E-state index in [0.29, 0.717) is 29.1 Å². The Morgan fingerprint density at radius 2 is 2.26 bits per heavy atom. The van der Waals surface area contributed by atoms with E-state index in [9.17, 15) is 4.79 Å². The van der Waals surface area contributed by atoms with Gasteiger partial charge in [0.05, 0.1) is 5.56 Å². The number of aromatic nitrogens is 4. The normalized spacial score (nSPS) is 17.2. The number of pyridine rings is 1. The molecule has 1 aliphatic rings. The zero-order valence-corrected chi connectivity index (χ0v) is 15.2. The third-order valence-electron chi connectivity index (χ3n) is 4.81. The summed E-state index contributed by atoms with van der Waals surface area (Å²) in [4.78, 5) is 22.9. The summed E-state index contributed by atoms with van der Waals surface area (Å²) in [5, 5.41) is 7.90. The quantitative estimate of drug-likeness (QED) is 0.684. The summed E-state index contributed by atoms with van der Waals surface area (Å²) in [5.74, 6) is 2.17. The van der Waals surface area contributed by atoms with Crippen LogP contribution in [0.15, 0.2) is 39.6 Å². The summed E-state index contributed by atoms with van der Waals surface area (Å²) in [6.45, 7) is 3.26. The molecule has 1 amide bonds. The Morgan fingerprint density at radius 1 is 1.33 bits per heavy atom. The average molecular weight is 367 g/mol. The van der Waals surface area contributed by atoms with E-state index in [1.165, 1.54) is 0 Å². The monoisotopic (exact) mass is 367 g/mol. The maximum Gasteiger partial charge on any atom is 0.276 e. The van der Waals surface area contributed by atoms with Crippen molar-refractivity contribution in [3.63, 3.8) is 0 Å². The highest BCUT2D eigenvalue weighted by atomic mass is 16.5. The van der Waals surface area contributed by atoms with Crippen LogP contribution in [0.5, 0.6) is 0 Å². The number of nitrogens with zero attached hydrogens (tertiary/aromatic N) is 5. The first kappa shape index (κ1) is 17.4. The van der Waals surface area contributed by atoms with E-state index in [2.05, 4.69) is 20.3 Å². The first-order valence-electron chi connectivity index (χ1n) is 9.14. The number of hydrogen-bond acceptors (Lipinski definition) is 7. The second kappa shape index (κ2) is 7.69. The predicted molar refractivity (Wildman–Crippen MR) is 95.7 cm³/mol. The molecular weight excluding hydrogens is 346 g/mol. The molecule has 0 radical (unpaired) electrons. The molecule has 4 heterocycles. The summed E-state index contributed by atoms with van der Waals surface area (Å²) in [5.41, 5.74) is 1.20. The molecule has 27 heavy (non-hydrogen) atoms. The minimum Gasteiger partial charge on any atom is -0.361 e. The van der Waals surface area contributed by atoms with E-state index >= 15 is 0 Å². The van der Waals surface area contributed by atoms with Gasteiger partial charge in [-0.15, -0.1) is 0 Å². The highest BCUT2D eigenvalue weighted by molar-refractivity contribution is 5.92. The van der Waals surface area contributed by atoms with Crippen LogP contribution in [-0.2, 0) is 6.42 Å². The van der Waals surface area contributed by atoms with Crippen molar-refractivity contribution in [1.82, 2.24) is 25.2 Å². The molecule has 0 aromatic carbocycles. The van der Waals surface area contributed by atoms with Gasteiger partial charge in [-0.05, 0) is 44.2 Å². The number of carbonyl (C=O) groups is 1. The molecule has 8 heteroatoms. The van der Waals surface area contributed by atoms with Crippen LogP contribution in [0, 0.1) is 12.8 Å². The van der Waals surface area contributed by atoms with E-state index in [-0.39, 0.29) is 5.91 Å². The number of piperidine rings is 1. The maximum absolute atomic E-state index is 12.6. The summed E-state index contributed by atoms with van der Waals surface area (Å²) in [6, 6.07) is 5.41. The third-order valence-corrected chi connectivity index (χ3v) is 4.81. The van der Waals surface area contributed by atoms with Gasteiger partial charge in [-0.2, -0.15) is 4.98 Å². The van der Waals surface area contributed by atoms with Crippen molar-refractivity contribution in [2.45, 2.75) is 32.6 Å². The summed E-state index contributed by atoms with van der Waals surface area (Å²) >= 11 is 0. The van der Waals surface area contributed by atoms with Crippen LogP contribution in [0.4, 0.5) is 0 Å². The maximum atomic E-state index is 12.6. The lowest BCUT2D eigenvalue weighted by Crippen LogP contribution is -2.40. The molecule has 1 unspecified atom stereocenters. The molecule has 1 saturated heterocycles. The topological polar surface area (TPSA) is 98.2 Å². The first-order valence-corrected chi connectivity index (χ1v) is 9.14. The Morgan fingerprint density at radius 3 is 3.04 bits per heavy atom. The van der Waals surface area contributed by atoms with Crippen molar-refractivity contribution < 1.29 is 13.8 Å². The van der Waals surface area contributed by atoms with Crippen molar-refractivity contribution in [3.8, 4) is 11.5 Å². The van der Waals surface area contributed by atoms with Crippen LogP contribution in [0.1, 0.15) is 41.3 Å². The molecule has 4 rings (SSSR count). The minimum atomic E-state index is -0.0602. The molecule has 0 spiro atoms. The molecule has 0 aliphatic carbocycles. The Bertz CT molecular complexity index is 905. The molecule has 1 aliphatic heterocycles. The molecule has 1 atom stereocenters. The molecule has 3 aromatic rings. The van der Waals surface area contributed by atoms with Gasteiger partial charge in [0.25, 0.3) is 11.8 Å². The molecule has 8 nitrogen and oxygen atoms in total. The first-order chi connectivity index (χ1) is 13.2. The molecule has 3 aromatic heterocycles. The molecule has 0 bridgehead atoms. The predicted octanol–water partition coefficient (Wildman–Crippen LogP) is 2.91. The second-order valence-corrected chi connectivity index (χ2v) is 6.88. The van der Waals surface area contributed by atoms with Crippen LogP contribution in [0.3, 0.4) is 0 Å². The Balaban J connectivity index is 1.33. The van der Waals surface area contributed by atoms with Gasteiger partial charge in [0.1, 0.15) is 5.76 Å². The zero-order valence-electron chi connectivity index (χ0n) is 15.2. The van der Waals surface area contributed by atoms with Crippen LogP contribution in [-0.4, -0.2) is 44.2 Å². The molecule has 0 saturated carbocycles. The van der Waals surface area contributed by atoms with Crippen molar-refractivity contribution in [2.24, 2.45) is 5.92 Å². The molecular formula is C19H21N5O3.